The molecule has 0 bridgehead atoms. The van der Waals surface area contributed by atoms with Crippen LogP contribution < -0.4 is 5.73 Å². The molecule has 1 aromatic rings. The van der Waals surface area contributed by atoms with Gasteiger partial charge in [0.1, 0.15) is 11.5 Å². The zero-order chi connectivity index (χ0) is 15.2. The Morgan fingerprint density at radius 2 is 2.10 bits per heavy atom. The zero-order valence-electron chi connectivity index (χ0n) is 12.2. The van der Waals surface area contributed by atoms with E-state index in [1.165, 1.54) is 6.08 Å². The number of nitrogens with two attached hydrogens (primary N) is 1. The van der Waals surface area contributed by atoms with Gasteiger partial charge in [0.25, 0.3) is 0 Å². The summed E-state index contributed by atoms with van der Waals surface area (Å²) >= 11 is 0. The summed E-state index contributed by atoms with van der Waals surface area (Å²) in [4.78, 5) is 26.8. The molecule has 0 aromatic carbocycles. The van der Waals surface area contributed by atoms with E-state index in [0.29, 0.717) is 25.4 Å². The average molecular weight is 291 g/mol. The van der Waals surface area contributed by atoms with Crippen LogP contribution in [0.15, 0.2) is 22.6 Å². The number of rotatable bonds is 4. The third-order valence-corrected chi connectivity index (χ3v) is 3.43. The van der Waals surface area contributed by atoms with Gasteiger partial charge >= 0.3 is 0 Å². The summed E-state index contributed by atoms with van der Waals surface area (Å²) in [6.07, 6.45) is 4.05. The molecule has 114 valence electrons. The number of amides is 2. The SMILES string of the molecule is Cc1ccc(/C=C/C(=O)N2CCCN(CC(N)=O)CC2)o1. The molecule has 2 heterocycles. The highest BCUT2D eigenvalue weighted by Gasteiger charge is 2.18. The monoisotopic (exact) mass is 291 g/mol. The smallest absolute Gasteiger partial charge is 0.246 e. The normalized spacial score (nSPS) is 17.1. The predicted molar refractivity (Wildman–Crippen MR) is 79.3 cm³/mol. The molecule has 0 radical (unpaired) electrons. The van der Waals surface area contributed by atoms with E-state index < -0.39 is 0 Å². The van der Waals surface area contributed by atoms with Crippen molar-refractivity contribution in [1.29, 1.82) is 0 Å². The first-order valence-corrected chi connectivity index (χ1v) is 7.08. The van der Waals surface area contributed by atoms with Crippen molar-refractivity contribution in [2.45, 2.75) is 13.3 Å². The van der Waals surface area contributed by atoms with E-state index in [9.17, 15) is 9.59 Å². The van der Waals surface area contributed by atoms with Crippen LogP contribution in [0.5, 0.6) is 0 Å². The van der Waals surface area contributed by atoms with E-state index in [2.05, 4.69) is 0 Å². The van der Waals surface area contributed by atoms with Crippen LogP contribution in [0.2, 0.25) is 0 Å². The van der Waals surface area contributed by atoms with E-state index in [-0.39, 0.29) is 18.4 Å². The zero-order valence-corrected chi connectivity index (χ0v) is 12.2. The maximum atomic E-state index is 12.1. The summed E-state index contributed by atoms with van der Waals surface area (Å²) in [5.41, 5.74) is 5.20. The highest BCUT2D eigenvalue weighted by molar-refractivity contribution is 5.91. The first-order valence-electron chi connectivity index (χ1n) is 7.08. The van der Waals surface area contributed by atoms with Gasteiger partial charge in [0, 0.05) is 32.3 Å². The number of nitrogens with zero attached hydrogens (tertiary/aromatic N) is 2. The van der Waals surface area contributed by atoms with Gasteiger partial charge in [-0.2, -0.15) is 0 Å². The Balaban J connectivity index is 1.88. The molecule has 6 heteroatoms. The number of aryl methyl sites for hydroxylation is 1. The molecular formula is C15H21N3O3. The number of primary amides is 1. The fourth-order valence-corrected chi connectivity index (χ4v) is 2.37. The summed E-state index contributed by atoms with van der Waals surface area (Å²) in [5.74, 6) is 1.12. The number of carbonyl (C=O) groups excluding carboxylic acids is 2. The van der Waals surface area contributed by atoms with Gasteiger partial charge in [0.15, 0.2) is 0 Å². The molecule has 2 amide bonds. The highest BCUT2D eigenvalue weighted by Crippen LogP contribution is 2.09. The lowest BCUT2D eigenvalue weighted by molar-refractivity contribution is -0.125. The number of hydrogen-bond acceptors (Lipinski definition) is 4. The molecule has 1 saturated heterocycles. The minimum Gasteiger partial charge on any atom is -0.462 e. The molecule has 2 rings (SSSR count). The van der Waals surface area contributed by atoms with Crippen LogP contribution in [0.4, 0.5) is 0 Å². The van der Waals surface area contributed by atoms with Crippen molar-refractivity contribution >= 4 is 17.9 Å². The Bertz CT molecular complexity index is 536. The third kappa shape index (κ3) is 4.75. The number of carbonyl (C=O) groups is 2. The summed E-state index contributed by atoms with van der Waals surface area (Å²) in [7, 11) is 0. The van der Waals surface area contributed by atoms with Gasteiger partial charge < -0.3 is 15.1 Å². The molecule has 6 nitrogen and oxygen atoms in total. The van der Waals surface area contributed by atoms with Crippen molar-refractivity contribution in [2.24, 2.45) is 5.73 Å². The van der Waals surface area contributed by atoms with Crippen LogP contribution in [-0.4, -0.2) is 54.3 Å². The van der Waals surface area contributed by atoms with E-state index in [4.69, 9.17) is 10.2 Å². The minimum absolute atomic E-state index is 0.0371. The van der Waals surface area contributed by atoms with Gasteiger partial charge in [-0.15, -0.1) is 0 Å². The second-order valence-corrected chi connectivity index (χ2v) is 5.20. The maximum absolute atomic E-state index is 12.1. The molecule has 21 heavy (non-hydrogen) atoms. The van der Waals surface area contributed by atoms with Crippen LogP contribution in [0.25, 0.3) is 6.08 Å². The topological polar surface area (TPSA) is 79.8 Å². The summed E-state index contributed by atoms with van der Waals surface area (Å²) < 4.78 is 5.39. The quantitative estimate of drug-likeness (QED) is 0.825. The first kappa shape index (κ1) is 15.3. The Labute approximate surface area is 124 Å². The van der Waals surface area contributed by atoms with Crippen molar-refractivity contribution in [3.63, 3.8) is 0 Å². The van der Waals surface area contributed by atoms with Crippen LogP contribution in [-0.2, 0) is 9.59 Å². The Hall–Kier alpha value is -2.08. The average Bonchev–Trinajstić information content (AvgIpc) is 2.70. The molecule has 1 aromatic heterocycles. The number of hydrogen-bond donors (Lipinski definition) is 1. The van der Waals surface area contributed by atoms with Gasteiger partial charge in [0.05, 0.1) is 6.54 Å². The van der Waals surface area contributed by atoms with Crippen molar-refractivity contribution in [2.75, 3.05) is 32.7 Å². The van der Waals surface area contributed by atoms with Crippen molar-refractivity contribution in [1.82, 2.24) is 9.80 Å². The molecule has 0 saturated carbocycles. The van der Waals surface area contributed by atoms with E-state index in [1.54, 1.807) is 11.0 Å². The minimum atomic E-state index is -0.331. The lowest BCUT2D eigenvalue weighted by Crippen LogP contribution is -2.37. The van der Waals surface area contributed by atoms with Crippen LogP contribution >= 0.6 is 0 Å². The fraction of sp³-hybridized carbons (Fsp3) is 0.467. The molecule has 0 spiro atoms. The summed E-state index contributed by atoms with van der Waals surface area (Å²) in [6, 6.07) is 3.69. The first-order chi connectivity index (χ1) is 10.0. The summed E-state index contributed by atoms with van der Waals surface area (Å²) in [6.45, 7) is 4.87. The largest absolute Gasteiger partial charge is 0.462 e. The lowest BCUT2D eigenvalue weighted by atomic mass is 10.3. The van der Waals surface area contributed by atoms with Crippen molar-refractivity contribution in [3.8, 4) is 0 Å². The molecule has 1 fully saturated rings. The third-order valence-electron chi connectivity index (χ3n) is 3.43. The molecule has 0 atom stereocenters. The van der Waals surface area contributed by atoms with Gasteiger partial charge in [-0.25, -0.2) is 0 Å². The second kappa shape index (κ2) is 7.08. The summed E-state index contributed by atoms with van der Waals surface area (Å²) in [5, 5.41) is 0. The highest BCUT2D eigenvalue weighted by atomic mass is 16.3. The van der Waals surface area contributed by atoms with Crippen LogP contribution in [0.3, 0.4) is 0 Å². The van der Waals surface area contributed by atoms with Crippen LogP contribution in [0.1, 0.15) is 17.9 Å². The Morgan fingerprint density at radius 3 is 2.76 bits per heavy atom. The molecular weight excluding hydrogens is 270 g/mol. The predicted octanol–water partition coefficient (Wildman–Crippen LogP) is 0.621. The van der Waals surface area contributed by atoms with E-state index in [1.807, 2.05) is 24.0 Å². The number of furan rings is 1. The molecule has 2 N–H and O–H groups in total. The maximum Gasteiger partial charge on any atom is 0.246 e. The molecule has 0 unspecified atom stereocenters. The molecule has 1 aliphatic heterocycles. The van der Waals surface area contributed by atoms with Crippen LogP contribution in [0, 0.1) is 6.92 Å². The van der Waals surface area contributed by atoms with Gasteiger partial charge in [0.2, 0.25) is 11.8 Å². The second-order valence-electron chi connectivity index (χ2n) is 5.20. The fourth-order valence-electron chi connectivity index (χ4n) is 2.37. The molecule has 0 aliphatic carbocycles. The van der Waals surface area contributed by atoms with Gasteiger partial charge in [-0.05, 0) is 31.6 Å². The van der Waals surface area contributed by atoms with E-state index >= 15 is 0 Å². The standard InChI is InChI=1S/C15H21N3O3/c1-12-3-4-13(21-12)5-6-15(20)18-8-2-7-17(9-10-18)11-14(16)19/h3-6H,2,7-11H2,1H3,(H2,16,19)/b6-5+. The molecule has 1 aliphatic rings. The Morgan fingerprint density at radius 1 is 1.29 bits per heavy atom. The van der Waals surface area contributed by atoms with Crippen molar-refractivity contribution < 1.29 is 14.0 Å². The Kier molecular flexibility index (Phi) is 5.16. The lowest BCUT2D eigenvalue weighted by Gasteiger charge is -2.19. The van der Waals surface area contributed by atoms with Crippen molar-refractivity contribution in [3.05, 3.63) is 29.7 Å². The van der Waals surface area contributed by atoms with E-state index in [0.717, 1.165) is 18.7 Å². The van der Waals surface area contributed by atoms with Gasteiger partial charge in [-0.1, -0.05) is 0 Å². The van der Waals surface area contributed by atoms with Gasteiger partial charge in [-0.3, -0.25) is 14.5 Å².